The van der Waals surface area contributed by atoms with Gasteiger partial charge in [-0.25, -0.2) is 4.39 Å². The molecule has 2 aromatic heterocycles. The quantitative estimate of drug-likeness (QED) is 0.767. The number of halogens is 1. The molecule has 0 bridgehead atoms. The molecule has 3 N–H and O–H groups in total. The highest BCUT2D eigenvalue weighted by Crippen LogP contribution is 2.33. The number of rotatable bonds is 3. The molecular weight excluding hydrogens is 255 g/mol. The van der Waals surface area contributed by atoms with Crippen molar-refractivity contribution in [2.75, 3.05) is 0 Å². The highest BCUT2D eigenvalue weighted by atomic mass is 19.1. The van der Waals surface area contributed by atoms with E-state index in [0.717, 1.165) is 16.8 Å². The summed E-state index contributed by atoms with van der Waals surface area (Å²) in [4.78, 5) is 3.99. The monoisotopic (exact) mass is 268 g/mol. The summed E-state index contributed by atoms with van der Waals surface area (Å²) >= 11 is 0. The predicted octanol–water partition coefficient (Wildman–Crippen LogP) is 2.74. The van der Waals surface area contributed by atoms with Crippen LogP contribution in [0.5, 0.6) is 0 Å². The lowest BCUT2D eigenvalue weighted by molar-refractivity contribution is 0.630. The molecule has 0 atom stereocenters. The van der Waals surface area contributed by atoms with Crippen molar-refractivity contribution in [3.63, 3.8) is 0 Å². The SMILES string of the molecule is NCc1[nH]nc(-c2ccccc2F)c1-c1ccncc1. The molecule has 0 saturated heterocycles. The highest BCUT2D eigenvalue weighted by molar-refractivity contribution is 5.82. The molecule has 100 valence electrons. The van der Waals surface area contributed by atoms with Crippen LogP contribution in [-0.4, -0.2) is 15.2 Å². The van der Waals surface area contributed by atoms with Crippen LogP contribution in [-0.2, 0) is 6.54 Å². The predicted molar refractivity (Wildman–Crippen MR) is 75.1 cm³/mol. The Morgan fingerprint density at radius 3 is 2.55 bits per heavy atom. The minimum absolute atomic E-state index is 0.305. The average molecular weight is 268 g/mol. The van der Waals surface area contributed by atoms with E-state index in [4.69, 9.17) is 5.73 Å². The molecule has 0 aliphatic carbocycles. The number of hydrogen-bond donors (Lipinski definition) is 2. The van der Waals surface area contributed by atoms with Crippen molar-refractivity contribution >= 4 is 0 Å². The van der Waals surface area contributed by atoms with Crippen molar-refractivity contribution in [3.8, 4) is 22.4 Å². The number of benzene rings is 1. The second kappa shape index (κ2) is 5.22. The number of pyridine rings is 1. The molecule has 0 saturated carbocycles. The standard InChI is InChI=1S/C15H13FN4/c16-12-4-2-1-3-11(12)15-14(13(9-17)19-20-15)10-5-7-18-8-6-10/h1-8H,9,17H2,(H,19,20). The van der Waals surface area contributed by atoms with Gasteiger partial charge in [-0.1, -0.05) is 12.1 Å². The number of H-pyrrole nitrogens is 1. The third-order valence-corrected chi connectivity index (χ3v) is 3.14. The Labute approximate surface area is 115 Å². The average Bonchev–Trinajstić information content (AvgIpc) is 2.92. The molecule has 0 aliphatic heterocycles. The van der Waals surface area contributed by atoms with Gasteiger partial charge >= 0.3 is 0 Å². The van der Waals surface area contributed by atoms with Crippen molar-refractivity contribution < 1.29 is 4.39 Å². The summed E-state index contributed by atoms with van der Waals surface area (Å²) in [5.74, 6) is -0.308. The highest BCUT2D eigenvalue weighted by Gasteiger charge is 2.17. The lowest BCUT2D eigenvalue weighted by Gasteiger charge is -2.06. The van der Waals surface area contributed by atoms with Gasteiger partial charge < -0.3 is 5.73 Å². The van der Waals surface area contributed by atoms with Gasteiger partial charge in [0.2, 0.25) is 0 Å². The third-order valence-electron chi connectivity index (χ3n) is 3.14. The fourth-order valence-electron chi connectivity index (χ4n) is 2.20. The van der Waals surface area contributed by atoms with Gasteiger partial charge in [-0.3, -0.25) is 10.1 Å². The van der Waals surface area contributed by atoms with Gasteiger partial charge in [-0.2, -0.15) is 5.10 Å². The van der Waals surface area contributed by atoms with Gasteiger partial charge in [-0.15, -0.1) is 0 Å². The maximum Gasteiger partial charge on any atom is 0.132 e. The van der Waals surface area contributed by atoms with E-state index in [1.165, 1.54) is 6.07 Å². The largest absolute Gasteiger partial charge is 0.325 e. The minimum Gasteiger partial charge on any atom is -0.325 e. The molecule has 3 aromatic rings. The van der Waals surface area contributed by atoms with Crippen LogP contribution < -0.4 is 5.73 Å². The van der Waals surface area contributed by atoms with Gasteiger partial charge in [-0.05, 0) is 29.8 Å². The Kier molecular flexibility index (Phi) is 3.26. The maximum atomic E-state index is 14.0. The molecule has 1 aromatic carbocycles. The zero-order valence-corrected chi connectivity index (χ0v) is 10.7. The zero-order chi connectivity index (χ0) is 13.9. The molecule has 0 spiro atoms. The number of nitrogens with zero attached hydrogens (tertiary/aromatic N) is 2. The molecule has 2 heterocycles. The third kappa shape index (κ3) is 2.08. The fraction of sp³-hybridized carbons (Fsp3) is 0.0667. The first-order chi connectivity index (χ1) is 9.81. The van der Waals surface area contributed by atoms with E-state index in [1.807, 2.05) is 12.1 Å². The van der Waals surface area contributed by atoms with Crippen molar-refractivity contribution in [1.82, 2.24) is 15.2 Å². The van der Waals surface area contributed by atoms with Crippen LogP contribution in [0.4, 0.5) is 4.39 Å². The van der Waals surface area contributed by atoms with Crippen molar-refractivity contribution in [1.29, 1.82) is 0 Å². The Morgan fingerprint density at radius 1 is 1.10 bits per heavy atom. The lowest BCUT2D eigenvalue weighted by Crippen LogP contribution is -1.98. The minimum atomic E-state index is -0.308. The Morgan fingerprint density at radius 2 is 1.85 bits per heavy atom. The molecule has 0 radical (unpaired) electrons. The number of nitrogens with two attached hydrogens (primary N) is 1. The maximum absolute atomic E-state index is 14.0. The van der Waals surface area contributed by atoms with Crippen molar-refractivity contribution in [2.24, 2.45) is 5.73 Å². The summed E-state index contributed by atoms with van der Waals surface area (Å²) in [6.45, 7) is 0.305. The normalized spacial score (nSPS) is 10.7. The number of nitrogens with one attached hydrogen (secondary N) is 1. The van der Waals surface area contributed by atoms with Gasteiger partial charge in [0.15, 0.2) is 0 Å². The van der Waals surface area contributed by atoms with Gasteiger partial charge in [0.1, 0.15) is 11.5 Å². The zero-order valence-electron chi connectivity index (χ0n) is 10.7. The van der Waals surface area contributed by atoms with Crippen LogP contribution in [0.15, 0.2) is 48.8 Å². The molecule has 20 heavy (non-hydrogen) atoms. The first-order valence-electron chi connectivity index (χ1n) is 6.24. The molecule has 5 heteroatoms. The van der Waals surface area contributed by atoms with Crippen molar-refractivity contribution in [2.45, 2.75) is 6.54 Å². The Bertz CT molecular complexity index is 722. The summed E-state index contributed by atoms with van der Waals surface area (Å²) in [6.07, 6.45) is 3.38. The molecular formula is C15H13FN4. The van der Waals surface area contributed by atoms with Crippen LogP contribution in [0.3, 0.4) is 0 Å². The van der Waals surface area contributed by atoms with Gasteiger partial charge in [0.25, 0.3) is 0 Å². The van der Waals surface area contributed by atoms with E-state index in [9.17, 15) is 4.39 Å². The van der Waals surface area contributed by atoms with E-state index in [0.29, 0.717) is 17.8 Å². The lowest BCUT2D eigenvalue weighted by atomic mass is 9.99. The van der Waals surface area contributed by atoms with Crippen LogP contribution >= 0.6 is 0 Å². The molecule has 0 fully saturated rings. The molecule has 0 amide bonds. The number of hydrogen-bond acceptors (Lipinski definition) is 3. The van der Waals surface area contributed by atoms with E-state index < -0.39 is 0 Å². The smallest absolute Gasteiger partial charge is 0.132 e. The van der Waals surface area contributed by atoms with Crippen LogP contribution in [0.2, 0.25) is 0 Å². The second-order valence-electron chi connectivity index (χ2n) is 4.35. The summed E-state index contributed by atoms with van der Waals surface area (Å²) in [7, 11) is 0. The fourth-order valence-corrected chi connectivity index (χ4v) is 2.20. The molecule has 3 rings (SSSR count). The van der Waals surface area contributed by atoms with Gasteiger partial charge in [0.05, 0.1) is 5.69 Å². The van der Waals surface area contributed by atoms with Crippen LogP contribution in [0, 0.1) is 5.82 Å². The molecule has 0 aliphatic rings. The van der Waals surface area contributed by atoms with Crippen LogP contribution in [0.1, 0.15) is 5.69 Å². The number of aromatic amines is 1. The topological polar surface area (TPSA) is 67.6 Å². The van der Waals surface area contributed by atoms with Crippen LogP contribution in [0.25, 0.3) is 22.4 Å². The summed E-state index contributed by atoms with van der Waals surface area (Å²) < 4.78 is 14.0. The Hall–Kier alpha value is -2.53. The summed E-state index contributed by atoms with van der Waals surface area (Å²) in [5, 5.41) is 7.12. The van der Waals surface area contributed by atoms with E-state index in [-0.39, 0.29) is 5.82 Å². The van der Waals surface area contributed by atoms with E-state index >= 15 is 0 Å². The summed E-state index contributed by atoms with van der Waals surface area (Å²) in [6, 6.07) is 10.3. The van der Waals surface area contributed by atoms with E-state index in [2.05, 4.69) is 15.2 Å². The Balaban J connectivity index is 2.24. The molecule has 4 nitrogen and oxygen atoms in total. The van der Waals surface area contributed by atoms with E-state index in [1.54, 1.807) is 30.6 Å². The number of aromatic nitrogens is 3. The molecule has 0 unspecified atom stereocenters. The second-order valence-corrected chi connectivity index (χ2v) is 4.35. The first-order valence-corrected chi connectivity index (χ1v) is 6.24. The summed E-state index contributed by atoms with van der Waals surface area (Å²) in [5.41, 5.74) is 9.26. The van der Waals surface area contributed by atoms with Gasteiger partial charge in [0, 0.05) is 30.1 Å². The first kappa shape index (κ1) is 12.5. The van der Waals surface area contributed by atoms with Crippen molar-refractivity contribution in [3.05, 3.63) is 60.3 Å².